The molecule has 2 atom stereocenters. The van der Waals surface area contributed by atoms with E-state index < -0.39 is 11.9 Å². The zero-order valence-electron chi connectivity index (χ0n) is 8.27. The van der Waals surface area contributed by atoms with Gasteiger partial charge in [-0.2, -0.15) is 0 Å². The van der Waals surface area contributed by atoms with Gasteiger partial charge in [0, 0.05) is 26.1 Å². The third-order valence-corrected chi connectivity index (χ3v) is 2.64. The molecule has 1 heterocycles. The van der Waals surface area contributed by atoms with E-state index in [-0.39, 0.29) is 11.8 Å². The molecule has 0 aromatic carbocycles. The lowest BCUT2D eigenvalue weighted by Crippen LogP contribution is -2.31. The van der Waals surface area contributed by atoms with Gasteiger partial charge < -0.3 is 15.7 Å². The fourth-order valence-corrected chi connectivity index (χ4v) is 1.77. The molecule has 1 fully saturated rings. The lowest BCUT2D eigenvalue weighted by atomic mass is 9.99. The lowest BCUT2D eigenvalue weighted by molar-refractivity contribution is -0.142. The van der Waals surface area contributed by atoms with E-state index >= 15 is 0 Å². The molecule has 0 saturated carbocycles. The SMILES string of the molecule is CC1CN(C(=O)CCN)CC1C(=O)O. The highest BCUT2D eigenvalue weighted by Gasteiger charge is 2.36. The maximum absolute atomic E-state index is 11.4. The molecule has 5 nitrogen and oxygen atoms in total. The molecule has 0 bridgehead atoms. The third kappa shape index (κ3) is 2.23. The average molecular weight is 200 g/mol. The van der Waals surface area contributed by atoms with Crippen molar-refractivity contribution >= 4 is 11.9 Å². The first-order valence-corrected chi connectivity index (χ1v) is 4.77. The van der Waals surface area contributed by atoms with Crippen LogP contribution in [-0.4, -0.2) is 41.5 Å². The molecule has 0 aliphatic carbocycles. The zero-order chi connectivity index (χ0) is 10.7. The van der Waals surface area contributed by atoms with Crippen LogP contribution in [0.2, 0.25) is 0 Å². The highest BCUT2D eigenvalue weighted by atomic mass is 16.4. The lowest BCUT2D eigenvalue weighted by Gasteiger charge is -2.14. The van der Waals surface area contributed by atoms with Crippen molar-refractivity contribution in [1.29, 1.82) is 0 Å². The average Bonchev–Trinajstić information content (AvgIpc) is 2.48. The first-order chi connectivity index (χ1) is 6.56. The molecule has 1 amide bonds. The number of nitrogens with zero attached hydrogens (tertiary/aromatic N) is 1. The van der Waals surface area contributed by atoms with Gasteiger partial charge in [-0.25, -0.2) is 0 Å². The van der Waals surface area contributed by atoms with E-state index in [0.29, 0.717) is 26.1 Å². The molecule has 1 aliphatic heterocycles. The van der Waals surface area contributed by atoms with Crippen molar-refractivity contribution in [2.75, 3.05) is 19.6 Å². The Labute approximate surface area is 82.9 Å². The van der Waals surface area contributed by atoms with Crippen LogP contribution < -0.4 is 5.73 Å². The summed E-state index contributed by atoms with van der Waals surface area (Å²) in [4.78, 5) is 23.8. The summed E-state index contributed by atoms with van der Waals surface area (Å²) in [5, 5.41) is 8.85. The van der Waals surface area contributed by atoms with Crippen LogP contribution in [0.3, 0.4) is 0 Å². The van der Waals surface area contributed by atoms with E-state index in [1.807, 2.05) is 6.92 Å². The second-order valence-corrected chi connectivity index (χ2v) is 3.76. The Morgan fingerprint density at radius 1 is 1.50 bits per heavy atom. The van der Waals surface area contributed by atoms with Crippen LogP contribution in [0, 0.1) is 11.8 Å². The van der Waals surface area contributed by atoms with Crippen LogP contribution in [-0.2, 0) is 9.59 Å². The highest BCUT2D eigenvalue weighted by molar-refractivity contribution is 5.79. The van der Waals surface area contributed by atoms with Crippen molar-refractivity contribution in [3.63, 3.8) is 0 Å². The Bertz CT molecular complexity index is 242. The number of hydrogen-bond donors (Lipinski definition) is 2. The van der Waals surface area contributed by atoms with Gasteiger partial charge in [0.05, 0.1) is 5.92 Å². The monoisotopic (exact) mass is 200 g/mol. The number of rotatable bonds is 3. The number of carboxylic acid groups (broad SMARTS) is 1. The topological polar surface area (TPSA) is 83.6 Å². The van der Waals surface area contributed by atoms with Gasteiger partial charge in [0.15, 0.2) is 0 Å². The van der Waals surface area contributed by atoms with Crippen molar-refractivity contribution in [3.05, 3.63) is 0 Å². The Kier molecular flexibility index (Phi) is 3.46. The second-order valence-electron chi connectivity index (χ2n) is 3.76. The summed E-state index contributed by atoms with van der Waals surface area (Å²) in [6.45, 7) is 3.04. The van der Waals surface area contributed by atoms with E-state index in [1.165, 1.54) is 0 Å². The molecule has 0 spiro atoms. The van der Waals surface area contributed by atoms with Crippen molar-refractivity contribution in [3.8, 4) is 0 Å². The minimum atomic E-state index is -0.819. The van der Waals surface area contributed by atoms with Gasteiger partial charge in [-0.1, -0.05) is 6.92 Å². The van der Waals surface area contributed by atoms with Gasteiger partial charge in [-0.3, -0.25) is 9.59 Å². The van der Waals surface area contributed by atoms with Crippen LogP contribution >= 0.6 is 0 Å². The van der Waals surface area contributed by atoms with Crippen molar-refractivity contribution in [1.82, 2.24) is 4.90 Å². The normalized spacial score (nSPS) is 26.6. The van der Waals surface area contributed by atoms with E-state index in [0.717, 1.165) is 0 Å². The fraction of sp³-hybridized carbons (Fsp3) is 0.778. The smallest absolute Gasteiger partial charge is 0.308 e. The van der Waals surface area contributed by atoms with Crippen LogP contribution in [0.4, 0.5) is 0 Å². The summed E-state index contributed by atoms with van der Waals surface area (Å²) in [7, 11) is 0. The molecular weight excluding hydrogens is 184 g/mol. The van der Waals surface area contributed by atoms with Gasteiger partial charge in [-0.15, -0.1) is 0 Å². The predicted molar refractivity (Wildman–Crippen MR) is 50.5 cm³/mol. The molecule has 2 unspecified atom stereocenters. The van der Waals surface area contributed by atoms with Crippen LogP contribution in [0.15, 0.2) is 0 Å². The van der Waals surface area contributed by atoms with Gasteiger partial charge in [0.25, 0.3) is 0 Å². The Hall–Kier alpha value is -1.10. The highest BCUT2D eigenvalue weighted by Crippen LogP contribution is 2.23. The minimum absolute atomic E-state index is 0.0363. The summed E-state index contributed by atoms with van der Waals surface area (Å²) in [5.41, 5.74) is 5.26. The fourth-order valence-electron chi connectivity index (χ4n) is 1.77. The summed E-state index contributed by atoms with van der Waals surface area (Å²) < 4.78 is 0. The molecular formula is C9H16N2O3. The summed E-state index contributed by atoms with van der Waals surface area (Å²) in [6, 6.07) is 0. The van der Waals surface area contributed by atoms with Crippen molar-refractivity contribution < 1.29 is 14.7 Å². The standard InChI is InChI=1S/C9H16N2O3/c1-6-4-11(8(12)2-3-10)5-7(6)9(13)14/h6-7H,2-5,10H2,1H3,(H,13,14). The summed E-state index contributed by atoms with van der Waals surface area (Å²) >= 11 is 0. The summed E-state index contributed by atoms with van der Waals surface area (Å²) in [5.74, 6) is -1.24. The number of carbonyl (C=O) groups excluding carboxylic acids is 1. The van der Waals surface area contributed by atoms with E-state index in [9.17, 15) is 9.59 Å². The van der Waals surface area contributed by atoms with Gasteiger partial charge in [-0.05, 0) is 5.92 Å². The molecule has 5 heteroatoms. The van der Waals surface area contributed by atoms with Gasteiger partial charge >= 0.3 is 5.97 Å². The molecule has 0 radical (unpaired) electrons. The van der Waals surface area contributed by atoms with Gasteiger partial charge in [0.2, 0.25) is 5.91 Å². The van der Waals surface area contributed by atoms with E-state index in [2.05, 4.69) is 0 Å². The van der Waals surface area contributed by atoms with Crippen molar-refractivity contribution in [2.24, 2.45) is 17.6 Å². The molecule has 14 heavy (non-hydrogen) atoms. The number of aliphatic carboxylic acids is 1. The van der Waals surface area contributed by atoms with Crippen molar-refractivity contribution in [2.45, 2.75) is 13.3 Å². The number of amides is 1. The number of nitrogens with two attached hydrogens (primary N) is 1. The minimum Gasteiger partial charge on any atom is -0.481 e. The Morgan fingerprint density at radius 3 is 2.57 bits per heavy atom. The summed E-state index contributed by atoms with van der Waals surface area (Å²) in [6.07, 6.45) is 0.305. The molecule has 0 aromatic rings. The maximum Gasteiger partial charge on any atom is 0.308 e. The first kappa shape index (κ1) is 11.0. The first-order valence-electron chi connectivity index (χ1n) is 4.77. The quantitative estimate of drug-likeness (QED) is 0.644. The molecule has 80 valence electrons. The molecule has 1 saturated heterocycles. The third-order valence-electron chi connectivity index (χ3n) is 2.64. The molecule has 3 N–H and O–H groups in total. The van der Waals surface area contributed by atoms with E-state index in [4.69, 9.17) is 10.8 Å². The largest absolute Gasteiger partial charge is 0.481 e. The number of hydrogen-bond acceptors (Lipinski definition) is 3. The maximum atomic E-state index is 11.4. The van der Waals surface area contributed by atoms with Crippen LogP contribution in [0.1, 0.15) is 13.3 Å². The van der Waals surface area contributed by atoms with Crippen LogP contribution in [0.25, 0.3) is 0 Å². The zero-order valence-corrected chi connectivity index (χ0v) is 8.27. The number of carbonyl (C=O) groups is 2. The van der Waals surface area contributed by atoms with Gasteiger partial charge in [0.1, 0.15) is 0 Å². The van der Waals surface area contributed by atoms with Crippen LogP contribution in [0.5, 0.6) is 0 Å². The Morgan fingerprint density at radius 2 is 2.14 bits per heavy atom. The number of likely N-dealkylation sites (tertiary alicyclic amines) is 1. The molecule has 0 aromatic heterocycles. The van der Waals surface area contributed by atoms with E-state index in [1.54, 1.807) is 4.90 Å². The Balaban J connectivity index is 2.54. The molecule has 1 aliphatic rings. The number of carboxylic acids is 1. The predicted octanol–water partition coefficient (Wildman–Crippen LogP) is -0.486. The molecule has 1 rings (SSSR count). The second kappa shape index (κ2) is 4.41.